The minimum Gasteiger partial charge on any atom is -0.306 e. The first-order valence-electron chi connectivity index (χ1n) is 5.91. The topological polar surface area (TPSA) is 46.2 Å². The molecule has 1 N–H and O–H groups in total. The average Bonchev–Trinajstić information content (AvgIpc) is 2.69. The van der Waals surface area contributed by atoms with Crippen molar-refractivity contribution in [1.29, 1.82) is 0 Å². The van der Waals surface area contributed by atoms with Gasteiger partial charge in [-0.15, -0.1) is 11.3 Å². The van der Waals surface area contributed by atoms with Crippen molar-refractivity contribution in [2.45, 2.75) is 39.3 Å². The summed E-state index contributed by atoms with van der Waals surface area (Å²) in [6.07, 6.45) is 0.745. The molecule has 1 aliphatic heterocycles. The minimum atomic E-state index is -2.79. The molecule has 0 amide bonds. The molecule has 0 bridgehead atoms. The molecule has 2 rings (SSSR count). The highest BCUT2D eigenvalue weighted by molar-refractivity contribution is 7.91. The Morgan fingerprint density at radius 1 is 1.47 bits per heavy atom. The third kappa shape index (κ3) is 3.09. The van der Waals surface area contributed by atoms with E-state index >= 15 is 0 Å². The van der Waals surface area contributed by atoms with Gasteiger partial charge in [-0.1, -0.05) is 0 Å². The molecule has 1 saturated heterocycles. The predicted molar refractivity (Wildman–Crippen MR) is 72.4 cm³/mol. The second-order valence-electron chi connectivity index (χ2n) is 4.86. The van der Waals surface area contributed by atoms with E-state index < -0.39 is 9.84 Å². The Hall–Kier alpha value is -0.390. The molecule has 0 radical (unpaired) electrons. The van der Waals surface area contributed by atoms with E-state index in [0.29, 0.717) is 11.5 Å². The number of rotatable bonds is 3. The molecule has 1 aromatic heterocycles. The summed E-state index contributed by atoms with van der Waals surface area (Å²) in [6, 6.07) is 2.55. The lowest BCUT2D eigenvalue weighted by Gasteiger charge is -2.18. The van der Waals surface area contributed by atoms with E-state index in [0.717, 1.165) is 6.42 Å². The molecule has 3 nitrogen and oxygen atoms in total. The first-order valence-corrected chi connectivity index (χ1v) is 8.54. The molecule has 0 aromatic carbocycles. The Kier molecular flexibility index (Phi) is 3.61. The molecule has 0 saturated carbocycles. The van der Waals surface area contributed by atoms with Gasteiger partial charge in [0, 0.05) is 21.8 Å². The molecule has 1 aromatic rings. The molecule has 96 valence electrons. The van der Waals surface area contributed by atoms with E-state index in [1.165, 1.54) is 15.3 Å². The van der Waals surface area contributed by atoms with Crippen molar-refractivity contribution in [2.75, 3.05) is 11.5 Å². The van der Waals surface area contributed by atoms with Crippen LogP contribution in [-0.2, 0) is 9.84 Å². The van der Waals surface area contributed by atoms with Gasteiger partial charge in [0.25, 0.3) is 0 Å². The van der Waals surface area contributed by atoms with Crippen LogP contribution >= 0.6 is 11.3 Å². The highest BCUT2D eigenvalue weighted by Crippen LogP contribution is 2.27. The van der Waals surface area contributed by atoms with Crippen LogP contribution in [-0.4, -0.2) is 26.0 Å². The maximum Gasteiger partial charge on any atom is 0.151 e. The molecule has 2 unspecified atom stereocenters. The van der Waals surface area contributed by atoms with E-state index in [-0.39, 0.29) is 12.1 Å². The van der Waals surface area contributed by atoms with Crippen molar-refractivity contribution < 1.29 is 8.42 Å². The molecule has 17 heavy (non-hydrogen) atoms. The zero-order valence-corrected chi connectivity index (χ0v) is 12.1. The number of hydrogen-bond donors (Lipinski definition) is 1. The fourth-order valence-electron chi connectivity index (χ4n) is 2.45. The fourth-order valence-corrected chi connectivity index (χ4v) is 5.16. The van der Waals surface area contributed by atoms with Crippen molar-refractivity contribution >= 4 is 21.2 Å². The molecular formula is C12H19NO2S2. The van der Waals surface area contributed by atoms with E-state index in [2.05, 4.69) is 32.2 Å². The lowest BCUT2D eigenvalue weighted by Crippen LogP contribution is -2.32. The first-order chi connectivity index (χ1) is 7.87. The SMILES string of the molecule is Cc1cc(C(C)NC2CCS(=O)(=O)C2)c(C)s1. The number of hydrogen-bond acceptors (Lipinski definition) is 4. The summed E-state index contributed by atoms with van der Waals surface area (Å²) in [5.74, 6) is 0.624. The van der Waals surface area contributed by atoms with E-state index in [1.54, 1.807) is 11.3 Å². The number of nitrogens with one attached hydrogen (secondary N) is 1. The maximum absolute atomic E-state index is 11.4. The normalized spacial score (nSPS) is 25.0. The van der Waals surface area contributed by atoms with Gasteiger partial charge in [-0.25, -0.2) is 8.42 Å². The lowest BCUT2D eigenvalue weighted by molar-refractivity contribution is 0.484. The van der Waals surface area contributed by atoms with Crippen LogP contribution in [0.3, 0.4) is 0 Å². The Bertz CT molecular complexity index is 505. The zero-order chi connectivity index (χ0) is 12.6. The summed E-state index contributed by atoms with van der Waals surface area (Å²) < 4.78 is 22.8. The lowest BCUT2D eigenvalue weighted by atomic mass is 10.1. The van der Waals surface area contributed by atoms with Crippen LogP contribution < -0.4 is 5.32 Å². The third-order valence-corrected chi connectivity index (χ3v) is 6.01. The largest absolute Gasteiger partial charge is 0.306 e. The maximum atomic E-state index is 11.4. The average molecular weight is 273 g/mol. The van der Waals surface area contributed by atoms with Crippen LogP contribution in [0.5, 0.6) is 0 Å². The van der Waals surface area contributed by atoms with E-state index in [4.69, 9.17) is 0 Å². The fraction of sp³-hybridized carbons (Fsp3) is 0.667. The Morgan fingerprint density at radius 2 is 2.18 bits per heavy atom. The number of sulfone groups is 1. The minimum absolute atomic E-state index is 0.120. The van der Waals surface area contributed by atoms with Gasteiger partial charge in [0.2, 0.25) is 0 Å². The van der Waals surface area contributed by atoms with Gasteiger partial charge in [-0.3, -0.25) is 0 Å². The monoisotopic (exact) mass is 273 g/mol. The molecule has 0 aliphatic carbocycles. The molecule has 0 spiro atoms. The molecular weight excluding hydrogens is 254 g/mol. The smallest absolute Gasteiger partial charge is 0.151 e. The van der Waals surface area contributed by atoms with E-state index in [9.17, 15) is 8.42 Å². The molecule has 5 heteroatoms. The van der Waals surface area contributed by atoms with Crippen LogP contribution in [0.2, 0.25) is 0 Å². The summed E-state index contributed by atoms with van der Waals surface area (Å²) in [5, 5.41) is 3.43. The first kappa shape index (κ1) is 13.1. The highest BCUT2D eigenvalue weighted by Gasteiger charge is 2.29. The highest BCUT2D eigenvalue weighted by atomic mass is 32.2. The quantitative estimate of drug-likeness (QED) is 0.918. The summed E-state index contributed by atoms with van der Waals surface area (Å²) >= 11 is 1.80. The summed E-state index contributed by atoms with van der Waals surface area (Å²) in [5.41, 5.74) is 1.30. The van der Waals surface area contributed by atoms with Gasteiger partial charge >= 0.3 is 0 Å². The molecule has 2 atom stereocenters. The zero-order valence-electron chi connectivity index (χ0n) is 10.5. The number of aryl methyl sites for hydroxylation is 2. The van der Waals surface area contributed by atoms with Crippen molar-refractivity contribution in [3.05, 3.63) is 21.4 Å². The standard InChI is InChI=1S/C12H19NO2S2/c1-8-6-12(10(3)16-8)9(2)13-11-4-5-17(14,15)7-11/h6,9,11,13H,4-5,7H2,1-3H3. The van der Waals surface area contributed by atoms with Crippen molar-refractivity contribution in [2.24, 2.45) is 0 Å². The molecule has 2 heterocycles. The van der Waals surface area contributed by atoms with Crippen LogP contribution in [0.25, 0.3) is 0 Å². The van der Waals surface area contributed by atoms with Gasteiger partial charge in [-0.2, -0.15) is 0 Å². The van der Waals surface area contributed by atoms with Crippen LogP contribution in [0, 0.1) is 13.8 Å². The third-order valence-electron chi connectivity index (χ3n) is 3.26. The Morgan fingerprint density at radius 3 is 2.65 bits per heavy atom. The summed E-state index contributed by atoms with van der Waals surface area (Å²) in [7, 11) is -2.79. The van der Waals surface area contributed by atoms with Crippen LogP contribution in [0.1, 0.15) is 34.7 Å². The van der Waals surface area contributed by atoms with Crippen LogP contribution in [0.15, 0.2) is 6.07 Å². The second kappa shape index (κ2) is 4.71. The van der Waals surface area contributed by atoms with Gasteiger partial charge < -0.3 is 5.32 Å². The van der Waals surface area contributed by atoms with E-state index in [1.807, 2.05) is 0 Å². The number of thiophene rings is 1. The summed E-state index contributed by atoms with van der Waals surface area (Å²) in [6.45, 7) is 6.34. The Balaban J connectivity index is 2.03. The van der Waals surface area contributed by atoms with Gasteiger partial charge in [-0.05, 0) is 38.8 Å². The molecule has 1 fully saturated rings. The van der Waals surface area contributed by atoms with Crippen molar-refractivity contribution in [3.63, 3.8) is 0 Å². The summed E-state index contributed by atoms with van der Waals surface area (Å²) in [4.78, 5) is 2.63. The van der Waals surface area contributed by atoms with Crippen molar-refractivity contribution in [1.82, 2.24) is 5.32 Å². The van der Waals surface area contributed by atoms with Gasteiger partial charge in [0.05, 0.1) is 11.5 Å². The second-order valence-corrected chi connectivity index (χ2v) is 8.55. The van der Waals surface area contributed by atoms with Gasteiger partial charge in [0.1, 0.15) is 0 Å². The van der Waals surface area contributed by atoms with Gasteiger partial charge in [0.15, 0.2) is 9.84 Å². The Labute approximate surface area is 107 Å². The predicted octanol–water partition coefficient (Wildman–Crippen LogP) is 2.20. The van der Waals surface area contributed by atoms with Crippen LogP contribution in [0.4, 0.5) is 0 Å². The van der Waals surface area contributed by atoms with Crippen molar-refractivity contribution in [3.8, 4) is 0 Å². The molecule has 1 aliphatic rings.